The van der Waals surface area contributed by atoms with Gasteiger partial charge in [-0.3, -0.25) is 0 Å². The van der Waals surface area contributed by atoms with E-state index in [-0.39, 0.29) is 28.2 Å². The second-order valence-electron chi connectivity index (χ2n) is 5.10. The van der Waals surface area contributed by atoms with Crippen LogP contribution < -0.4 is 0 Å². The van der Waals surface area contributed by atoms with E-state index in [0.29, 0.717) is 0 Å². The summed E-state index contributed by atoms with van der Waals surface area (Å²) in [6.45, 7) is 0. The third kappa shape index (κ3) is 4.76. The summed E-state index contributed by atoms with van der Waals surface area (Å²) in [6.07, 6.45) is -8.14. The van der Waals surface area contributed by atoms with Crippen molar-refractivity contribution >= 4 is 11.8 Å². The Kier molecular flexibility index (Phi) is 5.09. The van der Waals surface area contributed by atoms with Crippen molar-refractivity contribution in [2.24, 2.45) is 0 Å². The Morgan fingerprint density at radius 1 is 0.963 bits per heavy atom. The molecule has 3 rings (SSSR count). The van der Waals surface area contributed by atoms with Crippen molar-refractivity contribution in [1.29, 1.82) is 0 Å². The molecule has 0 aliphatic heterocycles. The first-order valence-corrected chi connectivity index (χ1v) is 8.15. The first-order chi connectivity index (χ1) is 12.6. The van der Waals surface area contributed by atoms with Gasteiger partial charge < -0.3 is 4.52 Å². The van der Waals surface area contributed by atoms with Crippen LogP contribution in [0, 0.1) is 0 Å². The van der Waals surface area contributed by atoms with Crippen molar-refractivity contribution in [2.75, 3.05) is 0 Å². The average Bonchev–Trinajstić information content (AvgIpc) is 3.08. The minimum atomic E-state index is -4.60. The maximum Gasteiger partial charge on any atom is 0.433 e. The van der Waals surface area contributed by atoms with Gasteiger partial charge in [0.25, 0.3) is 0 Å². The normalized spacial score (nSPS) is 12.4. The Bertz CT molecular complexity index is 940. The number of aromatic nitrogens is 4. The smallest absolute Gasteiger partial charge is 0.338 e. The lowest BCUT2D eigenvalue weighted by atomic mass is 10.1. The van der Waals surface area contributed by atoms with Gasteiger partial charge in [0.05, 0.1) is 11.3 Å². The van der Waals surface area contributed by atoms with Gasteiger partial charge in [-0.1, -0.05) is 29.1 Å². The Labute approximate surface area is 151 Å². The van der Waals surface area contributed by atoms with Gasteiger partial charge in [0, 0.05) is 11.8 Å². The molecule has 0 unspecified atom stereocenters. The molecule has 0 aliphatic carbocycles. The van der Waals surface area contributed by atoms with Crippen molar-refractivity contribution in [1.82, 2.24) is 20.1 Å². The van der Waals surface area contributed by atoms with Gasteiger partial charge in [0.1, 0.15) is 5.69 Å². The molecule has 0 aliphatic rings. The molecular weight excluding hydrogens is 398 g/mol. The third-order valence-electron chi connectivity index (χ3n) is 3.16. The van der Waals surface area contributed by atoms with Crippen molar-refractivity contribution in [3.05, 3.63) is 53.7 Å². The summed E-state index contributed by atoms with van der Waals surface area (Å²) >= 11 is 0.821. The van der Waals surface area contributed by atoms with Crippen LogP contribution in [0.3, 0.4) is 0 Å². The predicted octanol–water partition coefficient (Wildman–Crippen LogP) is 4.86. The van der Waals surface area contributed by atoms with E-state index < -0.39 is 23.6 Å². The number of rotatable bonds is 4. The zero-order chi connectivity index (χ0) is 19.7. The van der Waals surface area contributed by atoms with Crippen LogP contribution in [0.15, 0.2) is 46.2 Å². The van der Waals surface area contributed by atoms with Gasteiger partial charge >= 0.3 is 12.4 Å². The summed E-state index contributed by atoms with van der Waals surface area (Å²) in [5, 5.41) is 3.44. The van der Waals surface area contributed by atoms with Crippen LogP contribution in [-0.2, 0) is 18.1 Å². The van der Waals surface area contributed by atoms with Crippen LogP contribution in [0.4, 0.5) is 26.3 Å². The average molecular weight is 406 g/mol. The zero-order valence-electron chi connectivity index (χ0n) is 13.0. The molecule has 0 saturated carbocycles. The molecule has 0 atom stereocenters. The van der Waals surface area contributed by atoms with Crippen LogP contribution in [-0.4, -0.2) is 20.1 Å². The summed E-state index contributed by atoms with van der Waals surface area (Å²) in [5.74, 6) is -0.108. The molecule has 27 heavy (non-hydrogen) atoms. The van der Waals surface area contributed by atoms with E-state index in [9.17, 15) is 26.3 Å². The van der Waals surface area contributed by atoms with Gasteiger partial charge in [0.15, 0.2) is 5.16 Å². The van der Waals surface area contributed by atoms with E-state index in [1.807, 2.05) is 0 Å². The number of nitrogens with zero attached hydrogens (tertiary/aromatic N) is 4. The Morgan fingerprint density at radius 2 is 1.74 bits per heavy atom. The zero-order valence-corrected chi connectivity index (χ0v) is 13.9. The molecule has 0 amide bonds. The highest BCUT2D eigenvalue weighted by Gasteiger charge is 2.33. The maximum atomic E-state index is 12.8. The molecule has 0 bridgehead atoms. The Balaban J connectivity index is 1.72. The van der Waals surface area contributed by atoms with Crippen molar-refractivity contribution < 1.29 is 30.9 Å². The van der Waals surface area contributed by atoms with E-state index in [1.54, 1.807) is 0 Å². The van der Waals surface area contributed by atoms with Gasteiger partial charge in [-0.15, -0.1) is 0 Å². The topological polar surface area (TPSA) is 64.7 Å². The van der Waals surface area contributed by atoms with E-state index in [2.05, 4.69) is 20.1 Å². The summed E-state index contributed by atoms with van der Waals surface area (Å²) in [4.78, 5) is 11.0. The molecule has 0 radical (unpaired) electrons. The molecule has 3 aromatic rings. The second kappa shape index (κ2) is 7.18. The van der Waals surface area contributed by atoms with Crippen LogP contribution in [0.25, 0.3) is 11.4 Å². The molecule has 0 fully saturated rings. The number of halogens is 6. The van der Waals surface area contributed by atoms with E-state index in [1.165, 1.54) is 12.1 Å². The third-order valence-corrected chi connectivity index (χ3v) is 4.01. The van der Waals surface area contributed by atoms with E-state index in [0.717, 1.165) is 36.2 Å². The van der Waals surface area contributed by atoms with Crippen molar-refractivity contribution in [3.63, 3.8) is 0 Å². The molecular formula is C15H8F6N4OS. The largest absolute Gasteiger partial charge is 0.433 e. The summed E-state index contributed by atoms with van der Waals surface area (Å²) in [6, 6.07) is 5.11. The predicted molar refractivity (Wildman–Crippen MR) is 81.3 cm³/mol. The molecule has 0 N–H and O–H groups in total. The minimum absolute atomic E-state index is 0.00780. The molecule has 0 saturated heterocycles. The monoisotopic (exact) mass is 406 g/mol. The standard InChI is InChI=1S/C15H8F6N4OS/c16-14(17,18)9-3-1-2-8(6-9)12-24-11(26-25-12)7-27-13-22-5-4-10(23-13)15(19,20)21/h1-6H,7H2. The van der Waals surface area contributed by atoms with Crippen molar-refractivity contribution in [3.8, 4) is 11.4 Å². The number of benzene rings is 1. The molecule has 5 nitrogen and oxygen atoms in total. The summed E-state index contributed by atoms with van der Waals surface area (Å²) < 4.78 is 81.0. The molecule has 0 spiro atoms. The van der Waals surface area contributed by atoms with Gasteiger partial charge in [-0.05, 0) is 18.2 Å². The number of hydrogen-bond acceptors (Lipinski definition) is 6. The Morgan fingerprint density at radius 3 is 2.44 bits per heavy atom. The first-order valence-electron chi connectivity index (χ1n) is 7.16. The van der Waals surface area contributed by atoms with Crippen molar-refractivity contribution in [2.45, 2.75) is 23.3 Å². The van der Waals surface area contributed by atoms with Crippen LogP contribution in [0.2, 0.25) is 0 Å². The fourth-order valence-electron chi connectivity index (χ4n) is 1.96. The quantitative estimate of drug-likeness (QED) is 0.350. The highest BCUT2D eigenvalue weighted by Crippen LogP contribution is 2.32. The lowest BCUT2D eigenvalue weighted by Crippen LogP contribution is -2.08. The fourth-order valence-corrected chi connectivity index (χ4v) is 2.63. The number of hydrogen-bond donors (Lipinski definition) is 0. The maximum absolute atomic E-state index is 12.8. The molecule has 1 aromatic carbocycles. The van der Waals surface area contributed by atoms with Gasteiger partial charge in [-0.25, -0.2) is 9.97 Å². The van der Waals surface area contributed by atoms with E-state index in [4.69, 9.17) is 4.52 Å². The van der Waals surface area contributed by atoms with Crippen LogP contribution in [0.1, 0.15) is 17.1 Å². The lowest BCUT2D eigenvalue weighted by Gasteiger charge is -2.06. The second-order valence-corrected chi connectivity index (χ2v) is 6.04. The Hall–Kier alpha value is -2.63. The molecule has 2 aromatic heterocycles. The summed E-state index contributed by atoms with van der Waals surface area (Å²) in [7, 11) is 0. The van der Waals surface area contributed by atoms with Crippen LogP contribution >= 0.6 is 11.8 Å². The first kappa shape index (κ1) is 19.1. The van der Waals surface area contributed by atoms with Crippen LogP contribution in [0.5, 0.6) is 0 Å². The SMILES string of the molecule is FC(F)(F)c1cccc(-c2noc(CSc3nccc(C(F)(F)F)n3)n2)c1. The minimum Gasteiger partial charge on any atom is -0.338 e. The number of thioether (sulfide) groups is 1. The molecule has 12 heteroatoms. The molecule has 2 heterocycles. The number of alkyl halides is 6. The lowest BCUT2D eigenvalue weighted by molar-refractivity contribution is -0.141. The highest BCUT2D eigenvalue weighted by atomic mass is 32.2. The fraction of sp³-hybridized carbons (Fsp3) is 0.200. The molecule has 142 valence electrons. The van der Waals surface area contributed by atoms with E-state index >= 15 is 0 Å². The van der Waals surface area contributed by atoms with Gasteiger partial charge in [0.2, 0.25) is 11.7 Å². The summed E-state index contributed by atoms with van der Waals surface area (Å²) in [5.41, 5.74) is -1.85. The van der Waals surface area contributed by atoms with Gasteiger partial charge in [-0.2, -0.15) is 31.3 Å². The highest BCUT2D eigenvalue weighted by molar-refractivity contribution is 7.98.